The van der Waals surface area contributed by atoms with Crippen LogP contribution in [0.25, 0.3) is 0 Å². The molecule has 2 atom stereocenters. The van der Waals surface area contributed by atoms with Crippen LogP contribution in [0.2, 0.25) is 0 Å². The Morgan fingerprint density at radius 3 is 2.71 bits per heavy atom. The van der Waals surface area contributed by atoms with Gasteiger partial charge in [0.15, 0.2) is 0 Å². The lowest BCUT2D eigenvalue weighted by Crippen LogP contribution is -2.37. The van der Waals surface area contributed by atoms with Crippen molar-refractivity contribution < 1.29 is 4.79 Å². The number of nitrogens with two attached hydrogens (primary N) is 1. The monoisotopic (exact) mass is 234 g/mol. The molecule has 0 aliphatic heterocycles. The van der Waals surface area contributed by atoms with E-state index in [-0.39, 0.29) is 18.0 Å². The number of benzene rings is 1. The summed E-state index contributed by atoms with van der Waals surface area (Å²) in [6.45, 7) is 5.96. The molecule has 17 heavy (non-hydrogen) atoms. The van der Waals surface area contributed by atoms with Gasteiger partial charge in [0.1, 0.15) is 0 Å². The van der Waals surface area contributed by atoms with E-state index >= 15 is 0 Å². The van der Waals surface area contributed by atoms with Crippen LogP contribution in [0.1, 0.15) is 31.4 Å². The number of aryl methyl sites for hydroxylation is 1. The molecule has 3 nitrogen and oxygen atoms in total. The first-order valence-corrected chi connectivity index (χ1v) is 6.08. The van der Waals surface area contributed by atoms with E-state index in [0.717, 1.165) is 12.0 Å². The van der Waals surface area contributed by atoms with Gasteiger partial charge >= 0.3 is 0 Å². The minimum Gasteiger partial charge on any atom is -0.353 e. The van der Waals surface area contributed by atoms with Gasteiger partial charge in [0.25, 0.3) is 0 Å². The van der Waals surface area contributed by atoms with Gasteiger partial charge < -0.3 is 11.1 Å². The molecule has 0 saturated heterocycles. The van der Waals surface area contributed by atoms with Crippen LogP contribution in [-0.4, -0.2) is 18.0 Å². The third-order valence-electron chi connectivity index (χ3n) is 2.58. The zero-order valence-electron chi connectivity index (χ0n) is 10.9. The molecule has 0 aliphatic rings. The van der Waals surface area contributed by atoms with Crippen LogP contribution in [0, 0.1) is 6.92 Å². The molecule has 0 aromatic heterocycles. The molecule has 0 aliphatic carbocycles. The van der Waals surface area contributed by atoms with Crippen LogP contribution in [0.15, 0.2) is 24.3 Å². The van der Waals surface area contributed by atoms with Gasteiger partial charge in [0.2, 0.25) is 5.91 Å². The van der Waals surface area contributed by atoms with E-state index in [1.54, 1.807) is 0 Å². The summed E-state index contributed by atoms with van der Waals surface area (Å²) in [5.41, 5.74) is 7.92. The second kappa shape index (κ2) is 6.40. The predicted molar refractivity (Wildman–Crippen MR) is 70.8 cm³/mol. The molecule has 0 spiro atoms. The van der Waals surface area contributed by atoms with Crippen molar-refractivity contribution in [3.05, 3.63) is 35.4 Å². The number of nitrogens with one attached hydrogen (secondary N) is 1. The van der Waals surface area contributed by atoms with E-state index in [1.807, 2.05) is 45.0 Å². The van der Waals surface area contributed by atoms with Crippen molar-refractivity contribution in [2.75, 3.05) is 0 Å². The highest BCUT2D eigenvalue weighted by atomic mass is 16.1. The smallest absolute Gasteiger partial charge is 0.224 e. The summed E-state index contributed by atoms with van der Waals surface area (Å²) in [6.07, 6.45) is 1.24. The fraction of sp³-hybridized carbons (Fsp3) is 0.500. The predicted octanol–water partition coefficient (Wildman–Crippen LogP) is 1.78. The number of hydrogen-bond acceptors (Lipinski definition) is 2. The molecule has 2 unspecified atom stereocenters. The number of amides is 1. The fourth-order valence-electron chi connectivity index (χ4n) is 1.95. The van der Waals surface area contributed by atoms with E-state index in [0.29, 0.717) is 6.42 Å². The molecule has 1 amide bonds. The normalized spacial score (nSPS) is 14.1. The molecule has 1 aromatic carbocycles. The Hall–Kier alpha value is -1.35. The number of hydrogen-bond donors (Lipinski definition) is 2. The number of carbonyl (C=O) groups excluding carboxylic acids is 1. The fourth-order valence-corrected chi connectivity index (χ4v) is 1.95. The molecule has 3 N–H and O–H groups in total. The molecule has 0 fully saturated rings. The van der Waals surface area contributed by atoms with E-state index in [4.69, 9.17) is 5.73 Å². The standard InChI is InChI=1S/C14H22N2O/c1-10-5-4-6-13(7-10)9-14(17)16-12(3)8-11(2)15/h4-7,11-12H,8-9,15H2,1-3H3,(H,16,17). The van der Waals surface area contributed by atoms with E-state index in [2.05, 4.69) is 5.32 Å². The lowest BCUT2D eigenvalue weighted by Gasteiger charge is -2.15. The summed E-state index contributed by atoms with van der Waals surface area (Å²) in [7, 11) is 0. The van der Waals surface area contributed by atoms with Gasteiger partial charge in [-0.2, -0.15) is 0 Å². The number of rotatable bonds is 5. The molecule has 0 bridgehead atoms. The third-order valence-corrected chi connectivity index (χ3v) is 2.58. The Morgan fingerprint density at radius 2 is 2.12 bits per heavy atom. The molecular formula is C14H22N2O. The van der Waals surface area contributed by atoms with Crippen molar-refractivity contribution in [3.8, 4) is 0 Å². The first-order valence-electron chi connectivity index (χ1n) is 6.08. The lowest BCUT2D eigenvalue weighted by molar-refractivity contribution is -0.121. The molecule has 0 radical (unpaired) electrons. The van der Waals surface area contributed by atoms with Crippen LogP contribution in [0.3, 0.4) is 0 Å². The van der Waals surface area contributed by atoms with Crippen molar-refractivity contribution in [2.24, 2.45) is 5.73 Å². The summed E-state index contributed by atoms with van der Waals surface area (Å²) in [5, 5.41) is 2.96. The van der Waals surface area contributed by atoms with Gasteiger partial charge in [-0.25, -0.2) is 0 Å². The minimum absolute atomic E-state index is 0.0590. The highest BCUT2D eigenvalue weighted by Gasteiger charge is 2.09. The topological polar surface area (TPSA) is 55.1 Å². The molecule has 0 saturated carbocycles. The Balaban J connectivity index is 2.44. The number of carbonyl (C=O) groups is 1. The lowest BCUT2D eigenvalue weighted by atomic mass is 10.1. The first kappa shape index (κ1) is 13.7. The molecule has 1 aromatic rings. The van der Waals surface area contributed by atoms with Crippen LogP contribution in [0.4, 0.5) is 0 Å². The highest BCUT2D eigenvalue weighted by molar-refractivity contribution is 5.78. The third kappa shape index (κ3) is 5.50. The van der Waals surface area contributed by atoms with Crippen LogP contribution in [0.5, 0.6) is 0 Å². The van der Waals surface area contributed by atoms with Crippen molar-refractivity contribution >= 4 is 5.91 Å². The summed E-state index contributed by atoms with van der Waals surface area (Å²) < 4.78 is 0. The van der Waals surface area contributed by atoms with E-state index in [9.17, 15) is 4.79 Å². The molecule has 0 heterocycles. The zero-order chi connectivity index (χ0) is 12.8. The summed E-state index contributed by atoms with van der Waals surface area (Å²) >= 11 is 0. The SMILES string of the molecule is Cc1cccc(CC(=O)NC(C)CC(C)N)c1. The van der Waals surface area contributed by atoms with Crippen molar-refractivity contribution in [1.82, 2.24) is 5.32 Å². The molecule has 3 heteroatoms. The van der Waals surface area contributed by atoms with Gasteiger partial charge in [0, 0.05) is 12.1 Å². The zero-order valence-corrected chi connectivity index (χ0v) is 10.9. The van der Waals surface area contributed by atoms with Crippen LogP contribution < -0.4 is 11.1 Å². The van der Waals surface area contributed by atoms with Crippen LogP contribution in [-0.2, 0) is 11.2 Å². The quantitative estimate of drug-likeness (QED) is 0.816. The Bertz CT molecular complexity index is 374. The molecule has 94 valence electrons. The largest absolute Gasteiger partial charge is 0.353 e. The second-order valence-electron chi connectivity index (χ2n) is 4.85. The van der Waals surface area contributed by atoms with Crippen LogP contribution >= 0.6 is 0 Å². The van der Waals surface area contributed by atoms with Crippen molar-refractivity contribution in [2.45, 2.75) is 45.7 Å². The Morgan fingerprint density at radius 1 is 1.41 bits per heavy atom. The van der Waals surface area contributed by atoms with Crippen molar-refractivity contribution in [1.29, 1.82) is 0 Å². The Labute approximate surface area is 103 Å². The average molecular weight is 234 g/mol. The van der Waals surface area contributed by atoms with Gasteiger partial charge in [0.05, 0.1) is 6.42 Å². The first-order chi connectivity index (χ1) is 7.97. The van der Waals surface area contributed by atoms with Gasteiger partial charge in [-0.15, -0.1) is 0 Å². The maximum atomic E-state index is 11.8. The minimum atomic E-state index is 0.0590. The summed E-state index contributed by atoms with van der Waals surface area (Å²) in [6, 6.07) is 8.26. The van der Waals surface area contributed by atoms with E-state index < -0.39 is 0 Å². The summed E-state index contributed by atoms with van der Waals surface area (Å²) in [4.78, 5) is 11.8. The van der Waals surface area contributed by atoms with E-state index in [1.165, 1.54) is 5.56 Å². The summed E-state index contributed by atoms with van der Waals surface area (Å²) in [5.74, 6) is 0.0590. The van der Waals surface area contributed by atoms with Gasteiger partial charge in [-0.05, 0) is 32.8 Å². The van der Waals surface area contributed by atoms with Gasteiger partial charge in [-0.1, -0.05) is 29.8 Å². The Kier molecular flexibility index (Phi) is 5.16. The maximum absolute atomic E-state index is 11.8. The maximum Gasteiger partial charge on any atom is 0.224 e. The van der Waals surface area contributed by atoms with Crippen molar-refractivity contribution in [3.63, 3.8) is 0 Å². The second-order valence-corrected chi connectivity index (χ2v) is 4.85. The molecule has 1 rings (SSSR count). The highest BCUT2D eigenvalue weighted by Crippen LogP contribution is 2.05. The van der Waals surface area contributed by atoms with Gasteiger partial charge in [-0.3, -0.25) is 4.79 Å². The molecular weight excluding hydrogens is 212 g/mol. The average Bonchev–Trinajstić information content (AvgIpc) is 2.14.